The first kappa shape index (κ1) is 13.4. The normalized spacial score (nSPS) is 10.5. The predicted molar refractivity (Wildman–Crippen MR) is 76.4 cm³/mol. The van der Waals surface area contributed by atoms with Crippen LogP contribution in [0.5, 0.6) is 5.75 Å². The number of aromatic nitrogens is 4. The molecule has 0 aliphatic carbocycles. The molecule has 0 amide bonds. The zero-order valence-electron chi connectivity index (χ0n) is 10.7. The summed E-state index contributed by atoms with van der Waals surface area (Å²) in [5.41, 5.74) is 0.699. The largest absolute Gasteiger partial charge is 0.485 e. The van der Waals surface area contributed by atoms with Crippen LogP contribution in [0.25, 0.3) is 10.9 Å². The number of benzene rings is 1. The third-order valence-electron chi connectivity index (χ3n) is 2.76. The van der Waals surface area contributed by atoms with Crippen molar-refractivity contribution in [3.63, 3.8) is 0 Å². The second-order valence-electron chi connectivity index (χ2n) is 4.15. The van der Waals surface area contributed by atoms with Crippen LogP contribution in [0.2, 0.25) is 5.02 Å². The van der Waals surface area contributed by atoms with Gasteiger partial charge < -0.3 is 4.74 Å². The molecular weight excluding hydrogens is 292 g/mol. The summed E-state index contributed by atoms with van der Waals surface area (Å²) >= 11 is 5.92. The van der Waals surface area contributed by atoms with E-state index >= 15 is 0 Å². The van der Waals surface area contributed by atoms with Gasteiger partial charge in [-0.15, -0.1) is 5.10 Å². The number of ether oxygens (including phenoxy) is 1. The molecule has 0 N–H and O–H groups in total. The van der Waals surface area contributed by atoms with E-state index in [0.29, 0.717) is 16.3 Å². The average Bonchev–Trinajstić information content (AvgIpc) is 2.53. The molecule has 7 heteroatoms. The van der Waals surface area contributed by atoms with Crippen molar-refractivity contribution in [2.24, 2.45) is 0 Å². The SMILES string of the molecule is O=C(COc1ccnc2cc(Cl)ccc12)c1nccnn1. The van der Waals surface area contributed by atoms with Crippen molar-refractivity contribution in [3.05, 3.63) is 53.7 Å². The zero-order valence-corrected chi connectivity index (χ0v) is 11.5. The number of hydrogen-bond donors (Lipinski definition) is 0. The maximum absolute atomic E-state index is 11.9. The summed E-state index contributed by atoms with van der Waals surface area (Å²) in [6.07, 6.45) is 4.40. The Morgan fingerprint density at radius 3 is 2.86 bits per heavy atom. The van der Waals surface area contributed by atoms with Crippen molar-refractivity contribution < 1.29 is 9.53 Å². The van der Waals surface area contributed by atoms with Crippen LogP contribution in [0.4, 0.5) is 0 Å². The minimum Gasteiger partial charge on any atom is -0.485 e. The Kier molecular flexibility index (Phi) is 3.70. The van der Waals surface area contributed by atoms with Gasteiger partial charge in [0.2, 0.25) is 11.6 Å². The van der Waals surface area contributed by atoms with Crippen LogP contribution in [0.15, 0.2) is 42.9 Å². The van der Waals surface area contributed by atoms with E-state index in [9.17, 15) is 4.79 Å². The molecule has 1 aromatic carbocycles. The molecule has 0 saturated heterocycles. The Morgan fingerprint density at radius 2 is 2.05 bits per heavy atom. The Bertz CT molecular complexity index is 795. The third kappa shape index (κ3) is 2.95. The summed E-state index contributed by atoms with van der Waals surface area (Å²) < 4.78 is 5.53. The predicted octanol–water partition coefficient (Wildman–Crippen LogP) is 2.33. The molecule has 0 saturated carbocycles. The number of fused-ring (bicyclic) bond motifs is 1. The van der Waals surface area contributed by atoms with E-state index in [0.717, 1.165) is 5.39 Å². The van der Waals surface area contributed by atoms with Crippen LogP contribution >= 0.6 is 11.6 Å². The molecule has 3 rings (SSSR count). The molecule has 6 nitrogen and oxygen atoms in total. The lowest BCUT2D eigenvalue weighted by molar-refractivity contribution is 0.0911. The fourth-order valence-corrected chi connectivity index (χ4v) is 1.97. The van der Waals surface area contributed by atoms with Crippen LogP contribution in [0, 0.1) is 0 Å². The Morgan fingerprint density at radius 1 is 1.14 bits per heavy atom. The molecular formula is C14H9ClN4O2. The van der Waals surface area contributed by atoms with E-state index in [2.05, 4.69) is 20.2 Å². The van der Waals surface area contributed by atoms with E-state index in [-0.39, 0.29) is 18.2 Å². The molecule has 21 heavy (non-hydrogen) atoms. The van der Waals surface area contributed by atoms with E-state index in [4.69, 9.17) is 16.3 Å². The first-order chi connectivity index (χ1) is 10.2. The standard InChI is InChI=1S/C14H9ClN4O2/c15-9-1-2-10-11(7-9)16-4-3-13(10)21-8-12(20)14-17-5-6-18-19-14/h1-7H,8H2. The van der Waals surface area contributed by atoms with Gasteiger partial charge in [-0.1, -0.05) is 11.6 Å². The van der Waals surface area contributed by atoms with Gasteiger partial charge in [-0.25, -0.2) is 4.98 Å². The number of ketones is 1. The summed E-state index contributed by atoms with van der Waals surface area (Å²) in [6.45, 7) is -0.173. The van der Waals surface area contributed by atoms with Gasteiger partial charge >= 0.3 is 0 Å². The van der Waals surface area contributed by atoms with Crippen LogP contribution in [0.3, 0.4) is 0 Å². The molecule has 2 aromatic heterocycles. The lowest BCUT2D eigenvalue weighted by atomic mass is 10.2. The maximum atomic E-state index is 11.9. The van der Waals surface area contributed by atoms with Crippen molar-refractivity contribution in [1.29, 1.82) is 0 Å². The molecule has 104 valence electrons. The van der Waals surface area contributed by atoms with Crippen LogP contribution in [-0.4, -0.2) is 32.6 Å². The van der Waals surface area contributed by atoms with Crippen molar-refractivity contribution in [3.8, 4) is 5.75 Å². The minimum atomic E-state index is -0.345. The summed E-state index contributed by atoms with van der Waals surface area (Å²) in [5.74, 6) is 0.231. The van der Waals surface area contributed by atoms with Crippen molar-refractivity contribution in [1.82, 2.24) is 20.2 Å². The van der Waals surface area contributed by atoms with Gasteiger partial charge in [0.05, 0.1) is 11.7 Å². The Hall–Kier alpha value is -2.60. The quantitative estimate of drug-likeness (QED) is 0.688. The average molecular weight is 301 g/mol. The smallest absolute Gasteiger partial charge is 0.239 e. The van der Waals surface area contributed by atoms with Crippen molar-refractivity contribution in [2.75, 3.05) is 6.61 Å². The number of carbonyl (C=O) groups is 1. The van der Waals surface area contributed by atoms with E-state index in [1.54, 1.807) is 30.5 Å². The number of halogens is 1. The number of nitrogens with zero attached hydrogens (tertiary/aromatic N) is 4. The molecule has 0 unspecified atom stereocenters. The van der Waals surface area contributed by atoms with Gasteiger partial charge in [-0.3, -0.25) is 9.78 Å². The number of rotatable bonds is 4. The van der Waals surface area contributed by atoms with E-state index in [1.807, 2.05) is 0 Å². The third-order valence-corrected chi connectivity index (χ3v) is 2.99. The first-order valence-corrected chi connectivity index (χ1v) is 6.46. The molecule has 0 spiro atoms. The fourth-order valence-electron chi connectivity index (χ4n) is 1.80. The second kappa shape index (κ2) is 5.80. The maximum Gasteiger partial charge on any atom is 0.239 e. The number of hydrogen-bond acceptors (Lipinski definition) is 6. The van der Waals surface area contributed by atoms with Gasteiger partial charge in [-0.05, 0) is 24.3 Å². The summed E-state index contributed by atoms with van der Waals surface area (Å²) in [6, 6.07) is 6.96. The van der Waals surface area contributed by atoms with E-state index < -0.39 is 0 Å². The molecule has 0 aliphatic rings. The van der Waals surface area contributed by atoms with Crippen LogP contribution < -0.4 is 4.74 Å². The van der Waals surface area contributed by atoms with Gasteiger partial charge in [0, 0.05) is 22.8 Å². The van der Waals surface area contributed by atoms with Gasteiger partial charge in [0.15, 0.2) is 6.61 Å². The monoisotopic (exact) mass is 300 g/mol. The Balaban J connectivity index is 1.81. The lowest BCUT2D eigenvalue weighted by Crippen LogP contribution is -2.15. The fraction of sp³-hybridized carbons (Fsp3) is 0.0714. The number of carbonyl (C=O) groups excluding carboxylic acids is 1. The molecule has 0 radical (unpaired) electrons. The summed E-state index contributed by atoms with van der Waals surface area (Å²) in [5, 5.41) is 8.62. The number of Topliss-reactive ketones (excluding diaryl/α,β-unsaturated/α-hetero) is 1. The minimum absolute atomic E-state index is 0.0268. The number of pyridine rings is 1. The lowest BCUT2D eigenvalue weighted by Gasteiger charge is -2.07. The highest BCUT2D eigenvalue weighted by molar-refractivity contribution is 6.31. The molecule has 0 atom stereocenters. The highest BCUT2D eigenvalue weighted by Crippen LogP contribution is 2.26. The second-order valence-corrected chi connectivity index (χ2v) is 4.59. The zero-order chi connectivity index (χ0) is 14.7. The first-order valence-electron chi connectivity index (χ1n) is 6.08. The van der Waals surface area contributed by atoms with Gasteiger partial charge in [0.25, 0.3) is 0 Å². The highest BCUT2D eigenvalue weighted by Gasteiger charge is 2.11. The molecule has 2 heterocycles. The molecule has 3 aromatic rings. The van der Waals surface area contributed by atoms with Crippen molar-refractivity contribution in [2.45, 2.75) is 0 Å². The van der Waals surface area contributed by atoms with E-state index in [1.165, 1.54) is 12.4 Å². The van der Waals surface area contributed by atoms with Gasteiger partial charge in [-0.2, -0.15) is 5.10 Å². The summed E-state index contributed by atoms with van der Waals surface area (Å²) in [7, 11) is 0. The van der Waals surface area contributed by atoms with Crippen LogP contribution in [-0.2, 0) is 0 Å². The molecule has 0 bridgehead atoms. The Labute approximate surface area is 124 Å². The highest BCUT2D eigenvalue weighted by atomic mass is 35.5. The van der Waals surface area contributed by atoms with Crippen molar-refractivity contribution >= 4 is 28.3 Å². The summed E-state index contributed by atoms with van der Waals surface area (Å²) in [4.78, 5) is 19.9. The molecule has 0 fully saturated rings. The topological polar surface area (TPSA) is 77.9 Å². The molecule has 0 aliphatic heterocycles. The van der Waals surface area contributed by atoms with Gasteiger partial charge in [0.1, 0.15) is 5.75 Å². The van der Waals surface area contributed by atoms with Crippen LogP contribution in [0.1, 0.15) is 10.6 Å².